The van der Waals surface area contributed by atoms with Gasteiger partial charge in [-0.2, -0.15) is 0 Å². The SMILES string of the molecule is NC1(C(=O)NCCc2ccc(Cl)cc2)CCOCC1. The predicted molar refractivity (Wildman–Crippen MR) is 75.1 cm³/mol. The smallest absolute Gasteiger partial charge is 0.240 e. The lowest BCUT2D eigenvalue weighted by Crippen LogP contribution is -2.57. The van der Waals surface area contributed by atoms with E-state index < -0.39 is 5.54 Å². The number of amides is 1. The van der Waals surface area contributed by atoms with E-state index in [9.17, 15) is 4.79 Å². The van der Waals surface area contributed by atoms with E-state index in [1.807, 2.05) is 24.3 Å². The molecule has 1 aliphatic rings. The molecule has 0 saturated carbocycles. The van der Waals surface area contributed by atoms with E-state index in [0.29, 0.717) is 32.6 Å². The summed E-state index contributed by atoms with van der Waals surface area (Å²) in [4.78, 5) is 12.1. The average Bonchev–Trinajstić information content (AvgIpc) is 2.42. The summed E-state index contributed by atoms with van der Waals surface area (Å²) >= 11 is 5.82. The van der Waals surface area contributed by atoms with E-state index in [-0.39, 0.29) is 5.91 Å². The molecule has 0 aromatic heterocycles. The maximum absolute atomic E-state index is 12.1. The minimum Gasteiger partial charge on any atom is -0.381 e. The minimum absolute atomic E-state index is 0.0789. The molecule has 104 valence electrons. The largest absolute Gasteiger partial charge is 0.381 e. The second kappa shape index (κ2) is 6.37. The number of benzene rings is 1. The van der Waals surface area contributed by atoms with Crippen LogP contribution in [0.15, 0.2) is 24.3 Å². The molecule has 1 aromatic rings. The normalized spacial score (nSPS) is 18.0. The van der Waals surface area contributed by atoms with Crippen molar-refractivity contribution < 1.29 is 9.53 Å². The number of halogens is 1. The van der Waals surface area contributed by atoms with Gasteiger partial charge in [0.15, 0.2) is 0 Å². The maximum atomic E-state index is 12.1. The zero-order valence-corrected chi connectivity index (χ0v) is 11.6. The van der Waals surface area contributed by atoms with Gasteiger partial charge in [-0.3, -0.25) is 4.79 Å². The minimum atomic E-state index is -0.766. The molecule has 1 saturated heterocycles. The molecule has 0 radical (unpaired) electrons. The first kappa shape index (κ1) is 14.3. The van der Waals surface area contributed by atoms with Crippen LogP contribution in [0.4, 0.5) is 0 Å². The fourth-order valence-electron chi connectivity index (χ4n) is 2.11. The molecule has 3 N–H and O–H groups in total. The van der Waals surface area contributed by atoms with Crippen molar-refractivity contribution in [2.45, 2.75) is 24.8 Å². The molecule has 0 spiro atoms. The van der Waals surface area contributed by atoms with Crippen molar-refractivity contribution in [1.29, 1.82) is 0 Å². The van der Waals surface area contributed by atoms with E-state index in [2.05, 4.69) is 5.32 Å². The van der Waals surface area contributed by atoms with Gasteiger partial charge in [0.05, 0.1) is 5.54 Å². The lowest BCUT2D eigenvalue weighted by atomic mass is 9.90. The molecule has 1 aromatic carbocycles. The Labute approximate surface area is 118 Å². The van der Waals surface area contributed by atoms with Crippen LogP contribution >= 0.6 is 11.6 Å². The van der Waals surface area contributed by atoms with Crippen LogP contribution in [0.25, 0.3) is 0 Å². The first-order valence-electron chi connectivity index (χ1n) is 6.49. The van der Waals surface area contributed by atoms with Gasteiger partial charge in [0, 0.05) is 24.8 Å². The monoisotopic (exact) mass is 282 g/mol. The van der Waals surface area contributed by atoms with E-state index in [1.54, 1.807) is 0 Å². The lowest BCUT2D eigenvalue weighted by molar-refractivity contribution is -0.129. The third-order valence-corrected chi connectivity index (χ3v) is 3.70. The molecule has 5 heteroatoms. The van der Waals surface area contributed by atoms with Crippen molar-refractivity contribution in [2.24, 2.45) is 5.73 Å². The van der Waals surface area contributed by atoms with Crippen molar-refractivity contribution in [2.75, 3.05) is 19.8 Å². The molecule has 1 heterocycles. The van der Waals surface area contributed by atoms with Crippen LogP contribution in [0.5, 0.6) is 0 Å². The average molecular weight is 283 g/mol. The quantitative estimate of drug-likeness (QED) is 0.880. The van der Waals surface area contributed by atoms with Gasteiger partial charge in [0.25, 0.3) is 0 Å². The number of carbonyl (C=O) groups is 1. The van der Waals surface area contributed by atoms with E-state index in [4.69, 9.17) is 22.1 Å². The van der Waals surface area contributed by atoms with Crippen molar-refractivity contribution in [3.05, 3.63) is 34.9 Å². The molecule has 0 bridgehead atoms. The third kappa shape index (κ3) is 3.93. The molecule has 0 atom stereocenters. The Bertz CT molecular complexity index is 428. The Morgan fingerprint density at radius 1 is 1.32 bits per heavy atom. The molecule has 1 amide bonds. The highest BCUT2D eigenvalue weighted by molar-refractivity contribution is 6.30. The summed E-state index contributed by atoms with van der Waals surface area (Å²) in [6.07, 6.45) is 1.94. The molecule has 0 aliphatic carbocycles. The number of nitrogens with two attached hydrogens (primary N) is 1. The van der Waals surface area contributed by atoms with Gasteiger partial charge in [-0.15, -0.1) is 0 Å². The van der Waals surface area contributed by atoms with Crippen LogP contribution in [0.2, 0.25) is 5.02 Å². The second-order valence-electron chi connectivity index (χ2n) is 4.90. The summed E-state index contributed by atoms with van der Waals surface area (Å²) in [6.45, 7) is 1.70. The van der Waals surface area contributed by atoms with Crippen LogP contribution in [-0.4, -0.2) is 31.2 Å². The highest BCUT2D eigenvalue weighted by Crippen LogP contribution is 2.17. The van der Waals surface area contributed by atoms with Crippen molar-refractivity contribution >= 4 is 17.5 Å². The van der Waals surface area contributed by atoms with Crippen LogP contribution in [0.1, 0.15) is 18.4 Å². The second-order valence-corrected chi connectivity index (χ2v) is 5.34. The van der Waals surface area contributed by atoms with Crippen molar-refractivity contribution in [3.63, 3.8) is 0 Å². The first-order chi connectivity index (χ1) is 9.10. The van der Waals surface area contributed by atoms with Gasteiger partial charge in [-0.05, 0) is 37.0 Å². The van der Waals surface area contributed by atoms with Gasteiger partial charge in [0.2, 0.25) is 5.91 Å². The van der Waals surface area contributed by atoms with Crippen LogP contribution in [-0.2, 0) is 16.0 Å². The van der Waals surface area contributed by atoms with Gasteiger partial charge >= 0.3 is 0 Å². The van der Waals surface area contributed by atoms with Gasteiger partial charge in [-0.25, -0.2) is 0 Å². The third-order valence-electron chi connectivity index (χ3n) is 3.45. The fraction of sp³-hybridized carbons (Fsp3) is 0.500. The summed E-state index contributed by atoms with van der Waals surface area (Å²) in [6, 6.07) is 7.62. The maximum Gasteiger partial charge on any atom is 0.240 e. The van der Waals surface area contributed by atoms with Crippen LogP contribution in [0, 0.1) is 0 Å². The summed E-state index contributed by atoms with van der Waals surface area (Å²) in [5.74, 6) is -0.0789. The number of ether oxygens (including phenoxy) is 1. The summed E-state index contributed by atoms with van der Waals surface area (Å²) in [5.41, 5.74) is 6.47. The van der Waals surface area contributed by atoms with Crippen LogP contribution in [0.3, 0.4) is 0 Å². The molecule has 1 aliphatic heterocycles. The van der Waals surface area contributed by atoms with E-state index >= 15 is 0 Å². The van der Waals surface area contributed by atoms with Crippen molar-refractivity contribution in [3.8, 4) is 0 Å². The predicted octanol–water partition coefficient (Wildman–Crippen LogP) is 1.51. The number of hydrogen-bond acceptors (Lipinski definition) is 3. The van der Waals surface area contributed by atoms with Gasteiger partial charge in [-0.1, -0.05) is 23.7 Å². The molecule has 4 nitrogen and oxygen atoms in total. The molecule has 0 unspecified atom stereocenters. The molecule has 1 fully saturated rings. The number of hydrogen-bond donors (Lipinski definition) is 2. The zero-order chi connectivity index (χ0) is 13.7. The summed E-state index contributed by atoms with van der Waals surface area (Å²) < 4.78 is 5.23. The Morgan fingerprint density at radius 3 is 2.58 bits per heavy atom. The van der Waals surface area contributed by atoms with E-state index in [0.717, 1.165) is 17.0 Å². The lowest BCUT2D eigenvalue weighted by Gasteiger charge is -2.31. The number of nitrogens with one attached hydrogen (secondary N) is 1. The Hall–Kier alpha value is -1.10. The molecular formula is C14H19ClN2O2. The standard InChI is InChI=1S/C14H19ClN2O2/c15-12-3-1-11(2-4-12)5-8-17-13(18)14(16)6-9-19-10-7-14/h1-4H,5-10,16H2,(H,17,18). The summed E-state index contributed by atoms with van der Waals surface area (Å²) in [5, 5.41) is 3.62. The highest BCUT2D eigenvalue weighted by Gasteiger charge is 2.35. The highest BCUT2D eigenvalue weighted by atomic mass is 35.5. The zero-order valence-electron chi connectivity index (χ0n) is 10.8. The Kier molecular flexibility index (Phi) is 4.80. The number of rotatable bonds is 4. The van der Waals surface area contributed by atoms with Gasteiger partial charge in [0.1, 0.15) is 0 Å². The first-order valence-corrected chi connectivity index (χ1v) is 6.87. The Morgan fingerprint density at radius 2 is 1.95 bits per heavy atom. The molecular weight excluding hydrogens is 264 g/mol. The molecule has 2 rings (SSSR count). The van der Waals surface area contributed by atoms with Crippen molar-refractivity contribution in [1.82, 2.24) is 5.32 Å². The topological polar surface area (TPSA) is 64.4 Å². The van der Waals surface area contributed by atoms with E-state index in [1.165, 1.54) is 0 Å². The number of carbonyl (C=O) groups excluding carboxylic acids is 1. The van der Waals surface area contributed by atoms with Crippen LogP contribution < -0.4 is 11.1 Å². The molecule has 19 heavy (non-hydrogen) atoms. The fourth-order valence-corrected chi connectivity index (χ4v) is 2.24. The summed E-state index contributed by atoms with van der Waals surface area (Å²) in [7, 11) is 0. The van der Waals surface area contributed by atoms with Gasteiger partial charge < -0.3 is 15.8 Å². The Balaban J connectivity index is 1.78.